The number of hydrogen-bond donors (Lipinski definition) is 2. The van der Waals surface area contributed by atoms with Crippen LogP contribution in [0, 0.1) is 5.92 Å². The van der Waals surface area contributed by atoms with Gasteiger partial charge in [0.25, 0.3) is 0 Å². The number of aliphatic hydroxyl groups excluding tert-OH is 1. The third kappa shape index (κ3) is 5.11. The van der Waals surface area contributed by atoms with Crippen molar-refractivity contribution >= 4 is 16.0 Å². The predicted molar refractivity (Wildman–Crippen MR) is 78.4 cm³/mol. The number of aliphatic hydroxyl groups is 1. The monoisotopic (exact) mass is 315 g/mol. The Labute approximate surface area is 125 Å². The topological polar surface area (TPSA) is 92.7 Å². The van der Waals surface area contributed by atoms with E-state index in [4.69, 9.17) is 0 Å². The van der Waals surface area contributed by atoms with Gasteiger partial charge in [0.1, 0.15) is 0 Å². The molecule has 0 fully saturated rings. The number of hydrogen-bond acceptors (Lipinski definition) is 5. The molecule has 6 nitrogen and oxygen atoms in total. The predicted octanol–water partition coefficient (Wildman–Crippen LogP) is 1.16. The number of benzene rings is 1. The first-order chi connectivity index (χ1) is 9.80. The van der Waals surface area contributed by atoms with Gasteiger partial charge in [0.05, 0.1) is 24.2 Å². The van der Waals surface area contributed by atoms with E-state index in [-0.39, 0.29) is 23.0 Å². The molecule has 0 saturated heterocycles. The molecule has 0 spiro atoms. The third-order valence-corrected chi connectivity index (χ3v) is 4.38. The Hall–Kier alpha value is -1.44. The molecule has 1 aromatic rings. The van der Waals surface area contributed by atoms with Crippen molar-refractivity contribution in [1.82, 2.24) is 4.72 Å². The van der Waals surface area contributed by atoms with Crippen molar-refractivity contribution in [2.24, 2.45) is 5.92 Å². The number of nitrogens with one attached hydrogen (secondary N) is 1. The molecule has 1 aromatic carbocycles. The minimum absolute atomic E-state index is 0.0346. The van der Waals surface area contributed by atoms with E-state index in [1.165, 1.54) is 31.4 Å². The summed E-state index contributed by atoms with van der Waals surface area (Å²) in [4.78, 5) is 11.4. The normalized spacial score (nSPS) is 13.2. The van der Waals surface area contributed by atoms with Crippen LogP contribution in [0.25, 0.3) is 0 Å². The van der Waals surface area contributed by atoms with Crippen LogP contribution in [0.15, 0.2) is 29.2 Å². The summed E-state index contributed by atoms with van der Waals surface area (Å²) in [6.07, 6.45) is 0.520. The first-order valence-electron chi connectivity index (χ1n) is 6.61. The number of esters is 1. The van der Waals surface area contributed by atoms with Crippen molar-refractivity contribution in [3.05, 3.63) is 29.8 Å². The lowest BCUT2D eigenvalue weighted by Gasteiger charge is -2.18. The molecular weight excluding hydrogens is 294 g/mol. The van der Waals surface area contributed by atoms with Gasteiger partial charge in [-0.25, -0.2) is 17.9 Å². The smallest absolute Gasteiger partial charge is 0.337 e. The van der Waals surface area contributed by atoms with E-state index in [2.05, 4.69) is 9.46 Å². The molecule has 21 heavy (non-hydrogen) atoms. The zero-order chi connectivity index (χ0) is 16.0. The molecule has 0 saturated carbocycles. The molecular formula is C14H21NO5S. The number of ether oxygens (including phenoxy) is 1. The van der Waals surface area contributed by atoms with E-state index < -0.39 is 22.0 Å². The fourth-order valence-corrected chi connectivity index (χ4v) is 3.21. The summed E-state index contributed by atoms with van der Waals surface area (Å²) >= 11 is 0. The molecule has 0 aromatic heterocycles. The van der Waals surface area contributed by atoms with E-state index >= 15 is 0 Å². The van der Waals surface area contributed by atoms with E-state index in [0.717, 1.165) is 0 Å². The Kier molecular flexibility index (Phi) is 6.32. The summed E-state index contributed by atoms with van der Waals surface area (Å²) in [5, 5.41) is 9.26. The van der Waals surface area contributed by atoms with Crippen LogP contribution in [0.3, 0.4) is 0 Å². The van der Waals surface area contributed by atoms with Crippen molar-refractivity contribution in [1.29, 1.82) is 0 Å². The number of methoxy groups -OCH3 is 1. The minimum atomic E-state index is -3.80. The lowest BCUT2D eigenvalue weighted by atomic mass is 10.1. The molecule has 0 radical (unpaired) electrons. The van der Waals surface area contributed by atoms with Crippen molar-refractivity contribution in [2.45, 2.75) is 31.2 Å². The first kappa shape index (κ1) is 17.6. The highest BCUT2D eigenvalue weighted by atomic mass is 32.2. The van der Waals surface area contributed by atoms with Gasteiger partial charge in [-0.1, -0.05) is 19.9 Å². The van der Waals surface area contributed by atoms with Crippen molar-refractivity contribution in [3.63, 3.8) is 0 Å². The fraction of sp³-hybridized carbons (Fsp3) is 0.500. The highest BCUT2D eigenvalue weighted by Crippen LogP contribution is 2.14. The van der Waals surface area contributed by atoms with Gasteiger partial charge in [0.15, 0.2) is 0 Å². The maximum absolute atomic E-state index is 12.3. The summed E-state index contributed by atoms with van der Waals surface area (Å²) in [6, 6.07) is 5.02. The second kappa shape index (κ2) is 7.53. The van der Waals surface area contributed by atoms with E-state index in [0.29, 0.717) is 6.42 Å². The average molecular weight is 315 g/mol. The molecule has 0 heterocycles. The summed E-state index contributed by atoms with van der Waals surface area (Å²) in [5.74, 6) is -0.362. The van der Waals surface area contributed by atoms with Gasteiger partial charge in [-0.15, -0.1) is 0 Å². The van der Waals surface area contributed by atoms with Crippen molar-refractivity contribution in [2.75, 3.05) is 13.7 Å². The molecule has 118 valence electrons. The molecule has 0 aliphatic carbocycles. The maximum Gasteiger partial charge on any atom is 0.337 e. The van der Waals surface area contributed by atoms with Gasteiger partial charge in [0.2, 0.25) is 10.0 Å². The number of sulfonamides is 1. The molecule has 0 aliphatic heterocycles. The third-order valence-electron chi connectivity index (χ3n) is 2.86. The SMILES string of the molecule is COC(=O)c1cccc(S(=O)(=O)NC(CO)CC(C)C)c1. The lowest BCUT2D eigenvalue weighted by molar-refractivity contribution is 0.0600. The zero-order valence-corrected chi connectivity index (χ0v) is 13.2. The molecule has 7 heteroatoms. The standard InChI is InChI=1S/C14H21NO5S/c1-10(2)7-12(9-16)15-21(18,19)13-6-4-5-11(8-13)14(17)20-3/h4-6,8,10,12,15-16H,7,9H2,1-3H3. The molecule has 0 bridgehead atoms. The lowest BCUT2D eigenvalue weighted by Crippen LogP contribution is -2.38. The summed E-state index contributed by atoms with van der Waals surface area (Å²) in [5.41, 5.74) is 0.157. The molecule has 0 aliphatic rings. The van der Waals surface area contributed by atoms with E-state index in [1.54, 1.807) is 0 Å². The number of carbonyl (C=O) groups is 1. The largest absolute Gasteiger partial charge is 0.465 e. The molecule has 1 rings (SSSR count). The Balaban J connectivity index is 2.99. The molecule has 2 N–H and O–H groups in total. The van der Waals surface area contributed by atoms with Gasteiger partial charge in [-0.2, -0.15) is 0 Å². The van der Waals surface area contributed by atoms with Gasteiger partial charge in [-0.05, 0) is 30.5 Å². The average Bonchev–Trinajstić information content (AvgIpc) is 2.45. The zero-order valence-electron chi connectivity index (χ0n) is 12.4. The number of rotatable bonds is 7. The Morgan fingerprint density at radius 3 is 2.57 bits per heavy atom. The summed E-state index contributed by atoms with van der Waals surface area (Å²) in [7, 11) is -2.57. The van der Waals surface area contributed by atoms with Crippen molar-refractivity contribution < 1.29 is 23.1 Å². The van der Waals surface area contributed by atoms with Crippen molar-refractivity contribution in [3.8, 4) is 0 Å². The van der Waals surface area contributed by atoms with Gasteiger partial charge < -0.3 is 9.84 Å². The second-order valence-electron chi connectivity index (χ2n) is 5.15. The van der Waals surface area contributed by atoms with Gasteiger partial charge >= 0.3 is 5.97 Å². The Bertz CT molecular complexity index is 583. The highest BCUT2D eigenvalue weighted by molar-refractivity contribution is 7.89. The quantitative estimate of drug-likeness (QED) is 0.737. The minimum Gasteiger partial charge on any atom is -0.465 e. The van der Waals surface area contributed by atoms with E-state index in [9.17, 15) is 18.3 Å². The van der Waals surface area contributed by atoms with Gasteiger partial charge in [0, 0.05) is 6.04 Å². The maximum atomic E-state index is 12.3. The molecule has 1 unspecified atom stereocenters. The van der Waals surface area contributed by atoms with Crippen LogP contribution in [0.2, 0.25) is 0 Å². The second-order valence-corrected chi connectivity index (χ2v) is 6.86. The Morgan fingerprint density at radius 1 is 1.38 bits per heavy atom. The van der Waals surface area contributed by atoms with Crippen LogP contribution < -0.4 is 4.72 Å². The Morgan fingerprint density at radius 2 is 2.05 bits per heavy atom. The highest BCUT2D eigenvalue weighted by Gasteiger charge is 2.21. The molecule has 0 amide bonds. The van der Waals surface area contributed by atoms with Crippen LogP contribution in [0.4, 0.5) is 0 Å². The van der Waals surface area contributed by atoms with Crippen LogP contribution in [-0.4, -0.2) is 39.3 Å². The first-order valence-corrected chi connectivity index (χ1v) is 8.10. The van der Waals surface area contributed by atoms with Crippen LogP contribution in [-0.2, 0) is 14.8 Å². The van der Waals surface area contributed by atoms with Crippen LogP contribution in [0.1, 0.15) is 30.6 Å². The van der Waals surface area contributed by atoms with Crippen LogP contribution >= 0.6 is 0 Å². The van der Waals surface area contributed by atoms with Crippen LogP contribution in [0.5, 0.6) is 0 Å². The molecule has 1 atom stereocenters. The summed E-state index contributed by atoms with van der Waals surface area (Å²) < 4.78 is 31.6. The fourth-order valence-electron chi connectivity index (χ4n) is 1.92. The van der Waals surface area contributed by atoms with E-state index in [1.807, 2.05) is 13.8 Å². The number of carbonyl (C=O) groups excluding carboxylic acids is 1. The van der Waals surface area contributed by atoms with Gasteiger partial charge in [-0.3, -0.25) is 0 Å². The summed E-state index contributed by atoms with van der Waals surface area (Å²) in [6.45, 7) is 3.60.